The quantitative estimate of drug-likeness (QED) is 0.485. The predicted octanol–water partition coefficient (Wildman–Crippen LogP) is 2.27. The average molecular weight is 202 g/mol. The van der Waals surface area contributed by atoms with Crippen molar-refractivity contribution in [2.45, 2.75) is 58.5 Å². The Kier molecular flexibility index (Phi) is 8.64. The smallest absolute Gasteiger partial charge is 0.305 e. The van der Waals surface area contributed by atoms with Gasteiger partial charge in [-0.2, -0.15) is 0 Å². The number of aliphatic hydroxyl groups excluding tert-OH is 1. The van der Waals surface area contributed by atoms with Crippen molar-refractivity contribution in [2.24, 2.45) is 0 Å². The van der Waals surface area contributed by atoms with Gasteiger partial charge in [0, 0.05) is 6.42 Å². The molecule has 0 saturated heterocycles. The Morgan fingerprint density at radius 3 is 2.57 bits per heavy atom. The first kappa shape index (κ1) is 13.4. The van der Waals surface area contributed by atoms with Gasteiger partial charge in [-0.1, -0.05) is 26.2 Å². The van der Waals surface area contributed by atoms with Gasteiger partial charge in [-0.05, 0) is 19.8 Å². The third kappa shape index (κ3) is 8.05. The molecule has 3 nitrogen and oxygen atoms in total. The second-order valence-corrected chi connectivity index (χ2v) is 3.49. The van der Waals surface area contributed by atoms with Gasteiger partial charge in [0.2, 0.25) is 0 Å². The Morgan fingerprint density at radius 2 is 2.00 bits per heavy atom. The van der Waals surface area contributed by atoms with Gasteiger partial charge in [0.1, 0.15) is 0 Å². The Morgan fingerprint density at radius 1 is 1.29 bits per heavy atom. The summed E-state index contributed by atoms with van der Waals surface area (Å²) < 4.78 is 4.77. The fourth-order valence-electron chi connectivity index (χ4n) is 1.29. The van der Waals surface area contributed by atoms with Crippen LogP contribution in [0.2, 0.25) is 0 Å². The Hall–Kier alpha value is -0.570. The maximum atomic E-state index is 10.9. The highest BCUT2D eigenvalue weighted by atomic mass is 16.5. The molecule has 14 heavy (non-hydrogen) atoms. The summed E-state index contributed by atoms with van der Waals surface area (Å²) in [5.41, 5.74) is 0. The number of unbranched alkanes of at least 4 members (excludes halogenated alkanes) is 2. The van der Waals surface area contributed by atoms with Crippen molar-refractivity contribution in [1.29, 1.82) is 0 Å². The summed E-state index contributed by atoms with van der Waals surface area (Å²) in [5, 5.41) is 9.49. The second kappa shape index (κ2) is 9.00. The minimum Gasteiger partial charge on any atom is -0.466 e. The number of carbonyl (C=O) groups is 1. The maximum Gasteiger partial charge on any atom is 0.305 e. The zero-order chi connectivity index (χ0) is 10.8. The number of aliphatic hydroxyl groups is 1. The fraction of sp³-hybridized carbons (Fsp3) is 0.909. The van der Waals surface area contributed by atoms with E-state index in [1.807, 2.05) is 0 Å². The van der Waals surface area contributed by atoms with E-state index in [0.717, 1.165) is 25.7 Å². The molecule has 0 aromatic carbocycles. The van der Waals surface area contributed by atoms with Crippen LogP contribution in [0, 0.1) is 0 Å². The van der Waals surface area contributed by atoms with Crippen LogP contribution in [0.25, 0.3) is 0 Å². The summed E-state index contributed by atoms with van der Waals surface area (Å²) in [6.07, 6.45) is 4.67. The van der Waals surface area contributed by atoms with E-state index in [2.05, 4.69) is 6.92 Å². The first-order valence-electron chi connectivity index (χ1n) is 5.54. The molecule has 0 aliphatic rings. The lowest BCUT2D eigenvalue weighted by molar-refractivity contribution is -0.143. The van der Waals surface area contributed by atoms with Crippen molar-refractivity contribution in [3.63, 3.8) is 0 Å². The van der Waals surface area contributed by atoms with Crippen LogP contribution in [-0.2, 0) is 9.53 Å². The van der Waals surface area contributed by atoms with Gasteiger partial charge in [-0.15, -0.1) is 0 Å². The molecule has 3 heteroatoms. The van der Waals surface area contributed by atoms with Crippen molar-refractivity contribution in [3.05, 3.63) is 0 Å². The van der Waals surface area contributed by atoms with Crippen molar-refractivity contribution >= 4 is 5.97 Å². The van der Waals surface area contributed by atoms with E-state index in [0.29, 0.717) is 19.4 Å². The molecule has 1 atom stereocenters. The highest BCUT2D eigenvalue weighted by Gasteiger charge is 2.08. The van der Waals surface area contributed by atoms with Crippen LogP contribution in [0.3, 0.4) is 0 Å². The summed E-state index contributed by atoms with van der Waals surface area (Å²) in [6.45, 7) is 4.34. The van der Waals surface area contributed by atoms with E-state index >= 15 is 0 Å². The molecule has 0 spiro atoms. The van der Waals surface area contributed by atoms with E-state index < -0.39 is 0 Å². The van der Waals surface area contributed by atoms with Gasteiger partial charge in [0.25, 0.3) is 0 Å². The number of rotatable bonds is 8. The molecule has 0 unspecified atom stereocenters. The Bertz CT molecular complexity index is 145. The zero-order valence-electron chi connectivity index (χ0n) is 9.29. The van der Waals surface area contributed by atoms with E-state index in [9.17, 15) is 9.90 Å². The predicted molar refractivity (Wildman–Crippen MR) is 56.0 cm³/mol. The van der Waals surface area contributed by atoms with Gasteiger partial charge in [-0.25, -0.2) is 0 Å². The lowest BCUT2D eigenvalue weighted by Gasteiger charge is -2.09. The number of hydrogen-bond acceptors (Lipinski definition) is 3. The third-order valence-corrected chi connectivity index (χ3v) is 2.13. The summed E-state index contributed by atoms with van der Waals surface area (Å²) in [6, 6.07) is 0. The molecule has 0 fully saturated rings. The zero-order valence-corrected chi connectivity index (χ0v) is 9.29. The molecular weight excluding hydrogens is 180 g/mol. The molecule has 0 rings (SSSR count). The van der Waals surface area contributed by atoms with Crippen molar-refractivity contribution < 1.29 is 14.6 Å². The van der Waals surface area contributed by atoms with Crippen LogP contribution in [-0.4, -0.2) is 23.8 Å². The second-order valence-electron chi connectivity index (χ2n) is 3.49. The van der Waals surface area contributed by atoms with Crippen molar-refractivity contribution in [2.75, 3.05) is 6.61 Å². The SMILES string of the molecule is CCCCC[C@H](O)CCC(=O)OCC. The van der Waals surface area contributed by atoms with Gasteiger partial charge in [-0.3, -0.25) is 4.79 Å². The topological polar surface area (TPSA) is 46.5 Å². The minimum atomic E-state index is -0.342. The largest absolute Gasteiger partial charge is 0.466 e. The summed E-state index contributed by atoms with van der Waals surface area (Å²) in [5.74, 6) is -0.206. The lowest BCUT2D eigenvalue weighted by Crippen LogP contribution is -2.11. The molecule has 0 aliphatic heterocycles. The number of ether oxygens (including phenoxy) is 1. The van der Waals surface area contributed by atoms with Gasteiger partial charge in [0.05, 0.1) is 12.7 Å². The molecule has 0 saturated carbocycles. The van der Waals surface area contributed by atoms with E-state index in [-0.39, 0.29) is 12.1 Å². The molecule has 84 valence electrons. The highest BCUT2D eigenvalue weighted by molar-refractivity contribution is 5.69. The summed E-state index contributed by atoms with van der Waals surface area (Å²) >= 11 is 0. The first-order valence-corrected chi connectivity index (χ1v) is 5.54. The van der Waals surface area contributed by atoms with Gasteiger partial charge in [0.15, 0.2) is 0 Å². The number of carbonyl (C=O) groups excluding carboxylic acids is 1. The minimum absolute atomic E-state index is 0.206. The van der Waals surface area contributed by atoms with Crippen molar-refractivity contribution in [1.82, 2.24) is 0 Å². The molecule has 0 bridgehead atoms. The molecule has 0 amide bonds. The van der Waals surface area contributed by atoms with Crippen LogP contribution in [0.4, 0.5) is 0 Å². The molecule has 0 aromatic rings. The normalized spacial score (nSPS) is 12.5. The molecule has 0 heterocycles. The molecule has 0 radical (unpaired) electrons. The number of hydrogen-bond donors (Lipinski definition) is 1. The monoisotopic (exact) mass is 202 g/mol. The Labute approximate surface area is 86.5 Å². The number of esters is 1. The average Bonchev–Trinajstić information content (AvgIpc) is 2.16. The van der Waals surface area contributed by atoms with Crippen LogP contribution in [0.15, 0.2) is 0 Å². The van der Waals surface area contributed by atoms with Crippen LogP contribution in [0.5, 0.6) is 0 Å². The first-order chi connectivity index (χ1) is 6.70. The summed E-state index contributed by atoms with van der Waals surface area (Å²) in [7, 11) is 0. The molecule has 1 N–H and O–H groups in total. The molecule has 0 aromatic heterocycles. The summed E-state index contributed by atoms with van der Waals surface area (Å²) in [4.78, 5) is 10.9. The standard InChI is InChI=1S/C11H22O3/c1-3-5-6-7-10(12)8-9-11(13)14-4-2/h10,12H,3-9H2,1-2H3/t10-/m0/s1. The Balaban J connectivity index is 3.33. The highest BCUT2D eigenvalue weighted by Crippen LogP contribution is 2.08. The fourth-order valence-corrected chi connectivity index (χ4v) is 1.29. The van der Waals surface area contributed by atoms with E-state index in [4.69, 9.17) is 4.74 Å². The van der Waals surface area contributed by atoms with Crippen LogP contribution in [0.1, 0.15) is 52.4 Å². The van der Waals surface area contributed by atoms with Gasteiger partial charge < -0.3 is 9.84 Å². The van der Waals surface area contributed by atoms with Gasteiger partial charge >= 0.3 is 5.97 Å². The van der Waals surface area contributed by atoms with Crippen LogP contribution < -0.4 is 0 Å². The van der Waals surface area contributed by atoms with Crippen molar-refractivity contribution in [3.8, 4) is 0 Å². The van der Waals surface area contributed by atoms with E-state index in [1.54, 1.807) is 6.92 Å². The van der Waals surface area contributed by atoms with E-state index in [1.165, 1.54) is 0 Å². The lowest BCUT2D eigenvalue weighted by atomic mass is 10.1. The molecule has 0 aliphatic carbocycles. The van der Waals surface area contributed by atoms with Crippen LogP contribution >= 0.6 is 0 Å². The third-order valence-electron chi connectivity index (χ3n) is 2.13. The maximum absolute atomic E-state index is 10.9. The molecular formula is C11H22O3.